The molecular formula is C20H18F6N2O. The zero-order chi connectivity index (χ0) is 21.7. The number of nitrogens with one attached hydrogen (secondary N) is 1. The number of alkyl halides is 6. The third-order valence-electron chi connectivity index (χ3n) is 3.76. The quantitative estimate of drug-likeness (QED) is 0.480. The predicted octanol–water partition coefficient (Wildman–Crippen LogP) is 6.72. The molecule has 1 heterocycles. The van der Waals surface area contributed by atoms with Crippen LogP contribution in [0.15, 0.2) is 54.9 Å². The fraction of sp³-hybridized carbons (Fsp3) is 0.250. The van der Waals surface area contributed by atoms with Crippen LogP contribution in [0.5, 0.6) is 5.75 Å². The lowest BCUT2D eigenvalue weighted by Crippen LogP contribution is -2.14. The zero-order valence-electron chi connectivity index (χ0n) is 15.5. The molecule has 0 aliphatic carbocycles. The molecule has 0 unspecified atom stereocenters. The van der Waals surface area contributed by atoms with Gasteiger partial charge in [-0.15, -0.1) is 0 Å². The first-order valence-corrected chi connectivity index (χ1v) is 8.64. The molecule has 0 amide bonds. The summed E-state index contributed by atoms with van der Waals surface area (Å²) in [6.45, 7) is 3.76. The number of hydrogen-bond donors (Lipinski definition) is 1. The number of aromatic nitrogens is 2. The lowest BCUT2D eigenvalue weighted by Gasteiger charge is -2.20. The molecule has 0 saturated heterocycles. The highest BCUT2D eigenvalue weighted by atomic mass is 19.4. The van der Waals surface area contributed by atoms with Gasteiger partial charge < -0.3 is 4.74 Å². The molecule has 0 aliphatic rings. The number of aromatic amines is 1. The summed E-state index contributed by atoms with van der Waals surface area (Å²) in [5, 5.41) is 5.98. The number of rotatable bonds is 4. The van der Waals surface area contributed by atoms with Crippen LogP contribution in [0, 0.1) is 0 Å². The van der Waals surface area contributed by atoms with Crippen molar-refractivity contribution in [3.05, 3.63) is 71.5 Å². The van der Waals surface area contributed by atoms with Gasteiger partial charge in [-0.2, -0.15) is 31.4 Å². The number of ether oxygens (including phenoxy) is 1. The van der Waals surface area contributed by atoms with Gasteiger partial charge in [0.15, 0.2) is 0 Å². The Morgan fingerprint density at radius 3 is 2.10 bits per heavy atom. The number of hydrogen-bond acceptors (Lipinski definition) is 2. The minimum Gasteiger partial charge on any atom is -0.488 e. The van der Waals surface area contributed by atoms with Gasteiger partial charge in [-0.1, -0.05) is 44.2 Å². The van der Waals surface area contributed by atoms with Gasteiger partial charge in [0.25, 0.3) is 0 Å². The Bertz CT molecular complexity index is 903. The van der Waals surface area contributed by atoms with Crippen LogP contribution in [0.3, 0.4) is 0 Å². The molecule has 0 bridgehead atoms. The molecule has 1 N–H and O–H groups in total. The highest BCUT2D eigenvalue weighted by Gasteiger charge is 2.40. The summed E-state index contributed by atoms with van der Waals surface area (Å²) >= 11 is 0. The maximum atomic E-state index is 13.5. The van der Waals surface area contributed by atoms with E-state index in [4.69, 9.17) is 4.74 Å². The first kappa shape index (κ1) is 22.3. The summed E-state index contributed by atoms with van der Waals surface area (Å²) in [6, 6.07) is 9.02. The summed E-state index contributed by atoms with van der Waals surface area (Å²) in [6.07, 6.45) is -7.65. The molecule has 1 aromatic heterocycles. The fourth-order valence-corrected chi connectivity index (χ4v) is 2.50. The van der Waals surface area contributed by atoms with Crippen molar-refractivity contribution in [2.45, 2.75) is 32.8 Å². The van der Waals surface area contributed by atoms with Crippen LogP contribution in [0.25, 0.3) is 11.1 Å². The number of H-pyrrole nitrogens is 1. The van der Waals surface area contributed by atoms with Crippen LogP contribution >= 0.6 is 0 Å². The molecule has 9 heteroatoms. The van der Waals surface area contributed by atoms with Gasteiger partial charge in [0.05, 0.1) is 17.3 Å². The third-order valence-corrected chi connectivity index (χ3v) is 3.76. The molecule has 2 aromatic carbocycles. The van der Waals surface area contributed by atoms with E-state index in [1.54, 1.807) is 30.3 Å². The maximum absolute atomic E-state index is 13.5. The summed E-state index contributed by atoms with van der Waals surface area (Å²) < 4.78 is 85.2. The minimum absolute atomic E-state index is 0.0506. The van der Waals surface area contributed by atoms with Crippen molar-refractivity contribution in [1.82, 2.24) is 10.2 Å². The van der Waals surface area contributed by atoms with E-state index in [1.807, 2.05) is 13.8 Å². The standard InChI is InChI=1S/C18H12F6N2O.C2H6/c19-17(20,21)13-6-14(12-8-25-26-9-12)16(15(7-13)18(22,23)24)27-10-11-4-2-1-3-5-11;1-2/h1-9H,10H2,(H,25,26);1-2H3. The topological polar surface area (TPSA) is 37.9 Å². The zero-order valence-corrected chi connectivity index (χ0v) is 15.5. The van der Waals surface area contributed by atoms with Crippen LogP contribution in [-0.2, 0) is 19.0 Å². The molecule has 29 heavy (non-hydrogen) atoms. The van der Waals surface area contributed by atoms with Gasteiger partial charge in [0.2, 0.25) is 0 Å². The van der Waals surface area contributed by atoms with Gasteiger partial charge in [-0.25, -0.2) is 0 Å². The molecule has 3 nitrogen and oxygen atoms in total. The monoisotopic (exact) mass is 416 g/mol. The SMILES string of the molecule is CC.FC(F)(F)c1cc(-c2cn[nH]c2)c(OCc2ccccc2)c(C(F)(F)F)c1. The second-order valence-corrected chi connectivity index (χ2v) is 5.66. The normalized spacial score (nSPS) is 11.6. The lowest BCUT2D eigenvalue weighted by molar-refractivity contribution is -0.143. The summed E-state index contributed by atoms with van der Waals surface area (Å²) in [5.41, 5.74) is -2.64. The van der Waals surface area contributed by atoms with E-state index in [-0.39, 0.29) is 23.8 Å². The summed E-state index contributed by atoms with van der Waals surface area (Å²) in [5.74, 6) is -0.680. The molecule has 0 spiro atoms. The minimum atomic E-state index is -5.04. The van der Waals surface area contributed by atoms with Crippen molar-refractivity contribution >= 4 is 0 Å². The highest BCUT2D eigenvalue weighted by Crippen LogP contribution is 2.46. The van der Waals surface area contributed by atoms with Crippen LogP contribution in [0.2, 0.25) is 0 Å². The van der Waals surface area contributed by atoms with E-state index in [0.717, 1.165) is 6.20 Å². The molecular weight excluding hydrogens is 398 g/mol. The largest absolute Gasteiger partial charge is 0.488 e. The Kier molecular flexibility index (Phi) is 6.94. The molecule has 0 saturated carbocycles. The van der Waals surface area contributed by atoms with Gasteiger partial charge in [0.1, 0.15) is 12.4 Å². The van der Waals surface area contributed by atoms with E-state index in [0.29, 0.717) is 11.6 Å². The van der Waals surface area contributed by atoms with Gasteiger partial charge in [-0.3, -0.25) is 5.10 Å². The molecule has 0 fully saturated rings. The number of halogens is 6. The van der Waals surface area contributed by atoms with Crippen LogP contribution < -0.4 is 4.74 Å². The third kappa shape index (κ3) is 5.52. The fourth-order valence-electron chi connectivity index (χ4n) is 2.50. The van der Waals surface area contributed by atoms with Gasteiger partial charge in [0, 0.05) is 17.3 Å². The van der Waals surface area contributed by atoms with Crippen molar-refractivity contribution in [3.63, 3.8) is 0 Å². The Balaban J connectivity index is 0.00000145. The van der Waals surface area contributed by atoms with Crippen molar-refractivity contribution < 1.29 is 31.1 Å². The van der Waals surface area contributed by atoms with E-state index >= 15 is 0 Å². The lowest BCUT2D eigenvalue weighted by atomic mass is 9.99. The van der Waals surface area contributed by atoms with E-state index in [2.05, 4.69) is 10.2 Å². The van der Waals surface area contributed by atoms with Gasteiger partial charge >= 0.3 is 12.4 Å². The Labute approximate surface area is 163 Å². The Morgan fingerprint density at radius 2 is 1.59 bits per heavy atom. The van der Waals surface area contributed by atoms with E-state index in [9.17, 15) is 26.3 Å². The van der Waals surface area contributed by atoms with Crippen molar-refractivity contribution in [2.24, 2.45) is 0 Å². The molecule has 3 rings (SSSR count). The molecule has 0 atom stereocenters. The van der Waals surface area contributed by atoms with Crippen LogP contribution in [0.1, 0.15) is 30.5 Å². The Hall–Kier alpha value is -2.97. The van der Waals surface area contributed by atoms with Gasteiger partial charge in [-0.05, 0) is 17.7 Å². The average molecular weight is 416 g/mol. The predicted molar refractivity (Wildman–Crippen MR) is 96.1 cm³/mol. The molecule has 3 aromatic rings. The van der Waals surface area contributed by atoms with Crippen LogP contribution in [-0.4, -0.2) is 10.2 Å². The first-order valence-electron chi connectivity index (χ1n) is 8.64. The number of nitrogens with zero attached hydrogens (tertiary/aromatic N) is 1. The highest BCUT2D eigenvalue weighted by molar-refractivity contribution is 5.73. The van der Waals surface area contributed by atoms with Crippen molar-refractivity contribution in [1.29, 1.82) is 0 Å². The van der Waals surface area contributed by atoms with Crippen LogP contribution in [0.4, 0.5) is 26.3 Å². The van der Waals surface area contributed by atoms with E-state index < -0.39 is 29.2 Å². The smallest absolute Gasteiger partial charge is 0.420 e. The molecule has 0 radical (unpaired) electrons. The maximum Gasteiger partial charge on any atom is 0.420 e. The number of benzene rings is 2. The molecule has 156 valence electrons. The second-order valence-electron chi connectivity index (χ2n) is 5.66. The van der Waals surface area contributed by atoms with Crippen molar-refractivity contribution in [3.8, 4) is 16.9 Å². The van der Waals surface area contributed by atoms with Crippen molar-refractivity contribution in [2.75, 3.05) is 0 Å². The Morgan fingerprint density at radius 1 is 0.931 bits per heavy atom. The summed E-state index contributed by atoms with van der Waals surface area (Å²) in [4.78, 5) is 0. The first-order chi connectivity index (χ1) is 13.7. The average Bonchev–Trinajstić information content (AvgIpc) is 3.21. The molecule has 0 aliphatic heterocycles. The van der Waals surface area contributed by atoms with E-state index in [1.165, 1.54) is 6.20 Å². The summed E-state index contributed by atoms with van der Waals surface area (Å²) in [7, 11) is 0. The second kappa shape index (κ2) is 9.02.